The van der Waals surface area contributed by atoms with Crippen LogP contribution in [-0.4, -0.2) is 25.3 Å². The number of hydrogen-bond donors (Lipinski definition) is 0. The molecular weight excluding hydrogens is 484 g/mol. The molecule has 6 heteroatoms. The lowest BCUT2D eigenvalue weighted by atomic mass is 9.72. The van der Waals surface area contributed by atoms with E-state index >= 15 is 0 Å². The first-order valence-corrected chi connectivity index (χ1v) is 11.8. The number of fused-ring (bicyclic) bond motifs is 1. The third kappa shape index (κ3) is 4.15. The Kier molecular flexibility index (Phi) is 6.84. The predicted octanol–water partition coefficient (Wildman–Crippen LogP) is 6.09. The maximum Gasteiger partial charge on any atom is 0.219 e. The third-order valence-corrected chi connectivity index (χ3v) is 6.31. The Balaban J connectivity index is 1.97. The van der Waals surface area contributed by atoms with E-state index in [1.807, 2.05) is 68.4 Å². The second kappa shape index (κ2) is 9.79. The van der Waals surface area contributed by atoms with E-state index in [4.69, 9.17) is 14.2 Å². The average Bonchev–Trinajstić information content (AvgIpc) is 3.12. The van der Waals surface area contributed by atoms with Crippen LogP contribution in [0.4, 0.5) is 0 Å². The van der Waals surface area contributed by atoms with Crippen LogP contribution < -0.4 is 14.2 Å². The molecule has 0 radical (unpaired) electrons. The minimum absolute atomic E-state index is 0.113. The number of hydrogen-bond acceptors (Lipinski definition) is 5. The van der Waals surface area contributed by atoms with E-state index in [9.17, 15) is 9.59 Å². The molecule has 3 aromatic rings. The minimum atomic E-state index is -1.43. The van der Waals surface area contributed by atoms with E-state index < -0.39 is 11.5 Å². The monoisotopic (exact) mass is 508 g/mol. The van der Waals surface area contributed by atoms with Crippen molar-refractivity contribution in [3.8, 4) is 17.2 Å². The van der Waals surface area contributed by atoms with Crippen LogP contribution in [0.5, 0.6) is 17.2 Å². The van der Waals surface area contributed by atoms with Gasteiger partial charge in [-0.05, 0) is 31.5 Å². The van der Waals surface area contributed by atoms with Crippen molar-refractivity contribution in [2.45, 2.75) is 31.8 Å². The van der Waals surface area contributed by atoms with E-state index in [2.05, 4.69) is 15.9 Å². The molecule has 4 rings (SSSR count). The Morgan fingerprint density at radius 1 is 1.00 bits per heavy atom. The second-order valence-corrected chi connectivity index (χ2v) is 8.62. The number of Topliss-reactive ketones (excluding diaryl/α,β-unsaturated/α-hetero) is 1. The molecule has 33 heavy (non-hydrogen) atoms. The topological polar surface area (TPSA) is 61.8 Å². The van der Waals surface area contributed by atoms with Crippen LogP contribution in [0.1, 0.15) is 47.7 Å². The van der Waals surface area contributed by atoms with Gasteiger partial charge in [0, 0.05) is 34.5 Å². The van der Waals surface area contributed by atoms with Crippen LogP contribution in [0, 0.1) is 0 Å². The second-order valence-electron chi connectivity index (χ2n) is 7.70. The number of benzene rings is 3. The molecule has 0 saturated heterocycles. The lowest BCUT2D eigenvalue weighted by Gasteiger charge is -2.35. The van der Waals surface area contributed by atoms with Crippen molar-refractivity contribution in [1.29, 1.82) is 0 Å². The highest BCUT2D eigenvalue weighted by atomic mass is 79.9. The van der Waals surface area contributed by atoms with Crippen LogP contribution >= 0.6 is 15.9 Å². The maximum absolute atomic E-state index is 14.3. The first-order valence-electron chi connectivity index (χ1n) is 11.0. The fourth-order valence-electron chi connectivity index (χ4n) is 4.43. The van der Waals surface area contributed by atoms with Gasteiger partial charge in [-0.3, -0.25) is 4.79 Å². The number of ketones is 1. The molecule has 1 aliphatic heterocycles. The summed E-state index contributed by atoms with van der Waals surface area (Å²) in [7, 11) is 0. The molecule has 0 bridgehead atoms. The van der Waals surface area contributed by atoms with Crippen LogP contribution in [0.15, 0.2) is 71.2 Å². The predicted molar refractivity (Wildman–Crippen MR) is 129 cm³/mol. The molecule has 0 fully saturated rings. The fourth-order valence-corrected chi connectivity index (χ4v) is 4.70. The highest BCUT2D eigenvalue weighted by molar-refractivity contribution is 9.10. The standard InChI is InChI=1S/C27H25BrO5/c1-3-31-21-16-23(32-4-2)25-24(17-21)33-27(26(25)30,19-10-12-20(28)13-11-19)22(14-15-29)18-8-6-5-7-9-18/h5-13,15-17,22H,3-4,14H2,1-2H3/t22-,27-/m0/s1. The first kappa shape index (κ1) is 23.1. The van der Waals surface area contributed by atoms with Gasteiger partial charge in [-0.2, -0.15) is 0 Å². The lowest BCUT2D eigenvalue weighted by molar-refractivity contribution is -0.109. The van der Waals surface area contributed by atoms with Crippen molar-refractivity contribution in [2.24, 2.45) is 0 Å². The number of rotatable bonds is 9. The maximum atomic E-state index is 14.3. The summed E-state index contributed by atoms with van der Waals surface area (Å²) in [5, 5.41) is 0. The SMILES string of the molecule is CCOc1cc(OCC)c2c(c1)O[C@@](c1ccc(Br)cc1)([C@@H](CC=O)c1ccccc1)C2=O. The van der Waals surface area contributed by atoms with Gasteiger partial charge in [0.2, 0.25) is 11.4 Å². The van der Waals surface area contributed by atoms with Crippen LogP contribution in [0.25, 0.3) is 0 Å². The third-order valence-electron chi connectivity index (χ3n) is 5.78. The van der Waals surface area contributed by atoms with Crippen molar-refractivity contribution < 1.29 is 23.8 Å². The van der Waals surface area contributed by atoms with E-state index in [-0.39, 0.29) is 12.2 Å². The molecule has 0 unspecified atom stereocenters. The summed E-state index contributed by atoms with van der Waals surface area (Å²) in [4.78, 5) is 26.1. The van der Waals surface area contributed by atoms with Gasteiger partial charge in [0.25, 0.3) is 0 Å². The minimum Gasteiger partial charge on any atom is -0.494 e. The molecular formula is C27H25BrO5. The normalized spacial score (nSPS) is 17.7. The zero-order chi connectivity index (χ0) is 23.4. The highest BCUT2D eigenvalue weighted by Gasteiger charge is 2.56. The summed E-state index contributed by atoms with van der Waals surface area (Å²) < 4.78 is 19.0. The number of carbonyl (C=O) groups excluding carboxylic acids is 2. The Labute approximate surface area is 201 Å². The van der Waals surface area contributed by atoms with Crippen molar-refractivity contribution in [1.82, 2.24) is 0 Å². The Morgan fingerprint density at radius 3 is 2.33 bits per heavy atom. The quantitative estimate of drug-likeness (QED) is 0.327. The van der Waals surface area contributed by atoms with Gasteiger partial charge in [-0.1, -0.05) is 58.4 Å². The van der Waals surface area contributed by atoms with Gasteiger partial charge in [0.05, 0.1) is 13.2 Å². The van der Waals surface area contributed by atoms with Crippen LogP contribution in [0.2, 0.25) is 0 Å². The van der Waals surface area contributed by atoms with E-state index in [1.165, 1.54) is 0 Å². The Morgan fingerprint density at radius 2 is 1.70 bits per heavy atom. The van der Waals surface area contributed by atoms with Crippen molar-refractivity contribution in [3.63, 3.8) is 0 Å². The van der Waals surface area contributed by atoms with E-state index in [1.54, 1.807) is 12.1 Å². The van der Waals surface area contributed by atoms with Crippen molar-refractivity contribution >= 4 is 28.0 Å². The van der Waals surface area contributed by atoms with Crippen LogP contribution in [-0.2, 0) is 10.4 Å². The zero-order valence-electron chi connectivity index (χ0n) is 18.5. The molecule has 1 heterocycles. The van der Waals surface area contributed by atoms with Gasteiger partial charge in [0.1, 0.15) is 29.1 Å². The molecule has 0 N–H and O–H groups in total. The zero-order valence-corrected chi connectivity index (χ0v) is 20.1. The van der Waals surface area contributed by atoms with E-state index in [0.717, 1.165) is 16.3 Å². The lowest BCUT2D eigenvalue weighted by Crippen LogP contribution is -2.43. The number of halogens is 1. The molecule has 0 saturated carbocycles. The summed E-state index contributed by atoms with van der Waals surface area (Å²) in [6.45, 7) is 4.60. The van der Waals surface area contributed by atoms with Gasteiger partial charge in [0.15, 0.2) is 0 Å². The van der Waals surface area contributed by atoms with E-state index in [0.29, 0.717) is 41.6 Å². The van der Waals surface area contributed by atoms with Crippen LogP contribution in [0.3, 0.4) is 0 Å². The van der Waals surface area contributed by atoms with Crippen molar-refractivity contribution in [2.75, 3.05) is 13.2 Å². The molecule has 1 aliphatic rings. The molecule has 2 atom stereocenters. The number of ether oxygens (including phenoxy) is 3. The Bertz CT molecular complexity index is 1140. The highest BCUT2D eigenvalue weighted by Crippen LogP contribution is 2.54. The molecule has 0 aliphatic carbocycles. The number of aldehydes is 1. The summed E-state index contributed by atoms with van der Waals surface area (Å²) in [6.07, 6.45) is 0.953. The summed E-state index contributed by atoms with van der Waals surface area (Å²) in [5.41, 5.74) is 0.455. The fraction of sp³-hybridized carbons (Fsp3) is 0.259. The molecule has 3 aromatic carbocycles. The molecule has 170 valence electrons. The molecule has 5 nitrogen and oxygen atoms in total. The largest absolute Gasteiger partial charge is 0.494 e. The van der Waals surface area contributed by atoms with Gasteiger partial charge >= 0.3 is 0 Å². The smallest absolute Gasteiger partial charge is 0.219 e. The Hall–Kier alpha value is -3.12. The van der Waals surface area contributed by atoms with Gasteiger partial charge in [-0.15, -0.1) is 0 Å². The molecule has 0 amide bonds. The molecule has 0 aromatic heterocycles. The summed E-state index contributed by atoms with van der Waals surface area (Å²) in [5.74, 6) is 0.597. The van der Waals surface area contributed by atoms with Gasteiger partial charge < -0.3 is 19.0 Å². The van der Waals surface area contributed by atoms with Gasteiger partial charge in [-0.25, -0.2) is 0 Å². The molecule has 0 spiro atoms. The van der Waals surface area contributed by atoms with Crippen molar-refractivity contribution in [3.05, 3.63) is 87.9 Å². The summed E-state index contributed by atoms with van der Waals surface area (Å²) in [6, 6.07) is 20.4. The number of carbonyl (C=O) groups is 2. The summed E-state index contributed by atoms with van der Waals surface area (Å²) >= 11 is 3.47. The average molecular weight is 509 g/mol. The first-order chi connectivity index (χ1) is 16.0.